The lowest BCUT2D eigenvalue weighted by Crippen LogP contribution is -2.35. The van der Waals surface area contributed by atoms with E-state index in [1.54, 1.807) is 17.3 Å². The van der Waals surface area contributed by atoms with Crippen molar-refractivity contribution in [2.24, 2.45) is 10.1 Å². The predicted molar refractivity (Wildman–Crippen MR) is 135 cm³/mol. The van der Waals surface area contributed by atoms with E-state index in [0.717, 1.165) is 33.3 Å². The van der Waals surface area contributed by atoms with Gasteiger partial charge in [0.2, 0.25) is 0 Å². The van der Waals surface area contributed by atoms with E-state index in [1.165, 1.54) is 12.3 Å². The molecule has 5 rings (SSSR count). The molecule has 3 N–H and O–H groups in total. The molecule has 0 spiro atoms. The second-order valence-corrected chi connectivity index (χ2v) is 8.93. The molecule has 4 heterocycles. The fraction of sp³-hybridized carbons (Fsp3) is 0.200. The smallest absolute Gasteiger partial charge is 0.272 e. The first kappa shape index (κ1) is 22.7. The molecular weight excluding hydrogens is 466 g/mol. The van der Waals surface area contributed by atoms with Gasteiger partial charge in [0.1, 0.15) is 11.9 Å². The third-order valence-corrected chi connectivity index (χ3v) is 6.24. The van der Waals surface area contributed by atoms with Crippen LogP contribution < -0.4 is 11.1 Å². The number of hydrogen-bond acceptors (Lipinski definition) is 7. The lowest BCUT2D eigenvalue weighted by atomic mass is 10.00. The van der Waals surface area contributed by atoms with Gasteiger partial charge in [-0.05, 0) is 54.8 Å². The summed E-state index contributed by atoms with van der Waals surface area (Å²) in [6, 6.07) is 9.05. The highest BCUT2D eigenvalue weighted by atomic mass is 35.5. The summed E-state index contributed by atoms with van der Waals surface area (Å²) in [6.07, 6.45) is 4.50. The van der Waals surface area contributed by atoms with E-state index in [9.17, 15) is 9.59 Å². The molecule has 1 aromatic carbocycles. The van der Waals surface area contributed by atoms with Gasteiger partial charge in [-0.2, -0.15) is 5.10 Å². The Morgan fingerprint density at radius 2 is 2.06 bits per heavy atom. The minimum absolute atomic E-state index is 0.193. The van der Waals surface area contributed by atoms with Gasteiger partial charge in [-0.25, -0.2) is 9.98 Å². The van der Waals surface area contributed by atoms with Gasteiger partial charge >= 0.3 is 0 Å². The van der Waals surface area contributed by atoms with Crippen LogP contribution in [0.3, 0.4) is 0 Å². The first-order chi connectivity index (χ1) is 16.8. The van der Waals surface area contributed by atoms with E-state index in [0.29, 0.717) is 23.0 Å². The van der Waals surface area contributed by atoms with Crippen molar-refractivity contribution in [3.05, 3.63) is 75.6 Å². The minimum atomic E-state index is -0.417. The molecule has 9 nitrogen and oxygen atoms in total. The number of nitrogens with two attached hydrogens (primary N) is 1. The van der Waals surface area contributed by atoms with E-state index >= 15 is 0 Å². The molecule has 0 saturated heterocycles. The number of carbonyl (C=O) groups excluding carboxylic acids is 2. The highest BCUT2D eigenvalue weighted by Crippen LogP contribution is 2.27. The SMILES string of the molecule is Cc1cc(N)nc(C)c1CNC(=O)C1=NN(Cc2ccc3ncc(Cl)cc3c2)C2C=NC(=O)C=C12. The molecule has 1 unspecified atom stereocenters. The standard InChI is InChI=1S/C25H22ClN7O2/c1-13-5-22(27)31-14(2)19(13)10-30-25(35)24-18-8-23(34)29-11-21(18)33(32-24)12-15-3-4-20-16(6-15)7-17(26)9-28-20/h3-9,11,21H,10,12H2,1-2H3,(H2,27,31)(H,30,35). The Labute approximate surface area is 206 Å². The highest BCUT2D eigenvalue weighted by molar-refractivity contribution is 6.47. The summed E-state index contributed by atoms with van der Waals surface area (Å²) < 4.78 is 0. The molecular formula is C25H22ClN7O2. The van der Waals surface area contributed by atoms with Crippen LogP contribution in [-0.4, -0.2) is 44.8 Å². The number of benzene rings is 1. The van der Waals surface area contributed by atoms with Gasteiger partial charge in [0.15, 0.2) is 5.71 Å². The number of pyridine rings is 2. The van der Waals surface area contributed by atoms with Crippen molar-refractivity contribution in [2.75, 3.05) is 5.73 Å². The quantitative estimate of drug-likeness (QED) is 0.570. The third-order valence-electron chi connectivity index (χ3n) is 6.04. The van der Waals surface area contributed by atoms with Crippen molar-refractivity contribution in [3.63, 3.8) is 0 Å². The molecule has 2 aromatic heterocycles. The van der Waals surface area contributed by atoms with Crippen LogP contribution in [0.4, 0.5) is 5.82 Å². The van der Waals surface area contributed by atoms with Crippen LogP contribution >= 0.6 is 11.6 Å². The molecule has 0 radical (unpaired) electrons. The van der Waals surface area contributed by atoms with Gasteiger partial charge in [-0.3, -0.25) is 19.6 Å². The number of carbonyl (C=O) groups is 2. The number of anilines is 1. The number of hydrazone groups is 1. The van der Waals surface area contributed by atoms with Gasteiger partial charge in [0, 0.05) is 41.7 Å². The Morgan fingerprint density at radius 1 is 1.23 bits per heavy atom. The fourth-order valence-corrected chi connectivity index (χ4v) is 4.50. The number of nitrogen functional groups attached to an aromatic ring is 1. The molecule has 0 bridgehead atoms. The Hall–Kier alpha value is -4.11. The summed E-state index contributed by atoms with van der Waals surface area (Å²) in [6.45, 7) is 4.44. The van der Waals surface area contributed by atoms with Crippen LogP contribution in [-0.2, 0) is 22.7 Å². The lowest BCUT2D eigenvalue weighted by molar-refractivity contribution is -0.115. The Bertz CT molecular complexity index is 1450. The molecule has 2 aliphatic heterocycles. The maximum absolute atomic E-state index is 13.1. The average molecular weight is 488 g/mol. The van der Waals surface area contributed by atoms with Gasteiger partial charge in [0.25, 0.3) is 11.8 Å². The number of aryl methyl sites for hydroxylation is 2. The molecule has 0 aliphatic carbocycles. The number of dihydropyridines is 1. The molecule has 0 saturated carbocycles. The third kappa shape index (κ3) is 4.50. The first-order valence-electron chi connectivity index (χ1n) is 11.0. The molecule has 1 atom stereocenters. The van der Waals surface area contributed by atoms with Gasteiger partial charge in [-0.1, -0.05) is 17.7 Å². The molecule has 3 aromatic rings. The lowest BCUT2D eigenvalue weighted by Gasteiger charge is -2.22. The average Bonchev–Trinajstić information content (AvgIpc) is 3.15. The van der Waals surface area contributed by atoms with Gasteiger partial charge in [-0.15, -0.1) is 0 Å². The molecule has 2 amide bonds. The van der Waals surface area contributed by atoms with Crippen molar-refractivity contribution < 1.29 is 9.59 Å². The monoisotopic (exact) mass is 487 g/mol. The Morgan fingerprint density at radius 3 is 2.86 bits per heavy atom. The summed E-state index contributed by atoms with van der Waals surface area (Å²) in [5, 5.41) is 10.7. The zero-order valence-electron chi connectivity index (χ0n) is 19.1. The topological polar surface area (TPSA) is 126 Å². The van der Waals surface area contributed by atoms with Crippen molar-refractivity contribution in [1.29, 1.82) is 0 Å². The Balaban J connectivity index is 1.40. The van der Waals surface area contributed by atoms with Crippen LogP contribution in [0, 0.1) is 13.8 Å². The molecule has 0 fully saturated rings. The van der Waals surface area contributed by atoms with E-state index in [1.807, 2.05) is 38.1 Å². The van der Waals surface area contributed by atoms with Crippen LogP contribution in [0.1, 0.15) is 22.4 Å². The number of nitrogens with zero attached hydrogens (tertiary/aromatic N) is 5. The molecule has 2 aliphatic rings. The number of rotatable bonds is 5. The van der Waals surface area contributed by atoms with Crippen molar-refractivity contribution >= 4 is 52.1 Å². The van der Waals surface area contributed by atoms with E-state index in [2.05, 4.69) is 25.4 Å². The zero-order chi connectivity index (χ0) is 24.7. The number of nitrogens with one attached hydrogen (secondary N) is 1. The summed E-state index contributed by atoms with van der Waals surface area (Å²) in [4.78, 5) is 37.6. The number of aliphatic imine (C=N–C) groups is 1. The summed E-state index contributed by atoms with van der Waals surface area (Å²) in [5.74, 6) is -0.359. The fourth-order valence-electron chi connectivity index (χ4n) is 4.33. The maximum atomic E-state index is 13.1. The number of hydrogen-bond donors (Lipinski definition) is 2. The maximum Gasteiger partial charge on any atom is 0.272 e. The summed E-state index contributed by atoms with van der Waals surface area (Å²) in [7, 11) is 0. The molecule has 176 valence electrons. The second kappa shape index (κ2) is 8.92. The Kier molecular flexibility index (Phi) is 5.78. The number of fused-ring (bicyclic) bond motifs is 2. The predicted octanol–water partition coefficient (Wildman–Crippen LogP) is 2.88. The largest absolute Gasteiger partial charge is 0.384 e. The summed E-state index contributed by atoms with van der Waals surface area (Å²) >= 11 is 6.10. The van der Waals surface area contributed by atoms with Crippen molar-refractivity contribution in [3.8, 4) is 0 Å². The van der Waals surface area contributed by atoms with Crippen LogP contribution in [0.5, 0.6) is 0 Å². The molecule has 35 heavy (non-hydrogen) atoms. The van der Waals surface area contributed by atoms with E-state index in [-0.39, 0.29) is 18.2 Å². The van der Waals surface area contributed by atoms with Crippen LogP contribution in [0.25, 0.3) is 10.9 Å². The van der Waals surface area contributed by atoms with Crippen molar-refractivity contribution in [1.82, 2.24) is 20.3 Å². The highest BCUT2D eigenvalue weighted by Gasteiger charge is 2.36. The molecule has 10 heteroatoms. The van der Waals surface area contributed by atoms with Gasteiger partial charge < -0.3 is 11.1 Å². The zero-order valence-corrected chi connectivity index (χ0v) is 19.9. The van der Waals surface area contributed by atoms with Gasteiger partial charge in [0.05, 0.1) is 17.1 Å². The number of amides is 2. The van der Waals surface area contributed by atoms with E-state index < -0.39 is 11.9 Å². The van der Waals surface area contributed by atoms with E-state index in [4.69, 9.17) is 17.3 Å². The minimum Gasteiger partial charge on any atom is -0.384 e. The van der Waals surface area contributed by atoms with Crippen molar-refractivity contribution in [2.45, 2.75) is 33.0 Å². The van der Waals surface area contributed by atoms with Crippen LogP contribution in [0.2, 0.25) is 5.02 Å². The second-order valence-electron chi connectivity index (χ2n) is 8.50. The van der Waals surface area contributed by atoms with Crippen LogP contribution in [0.15, 0.2) is 58.3 Å². The summed E-state index contributed by atoms with van der Waals surface area (Å²) in [5.41, 5.74) is 10.9. The number of aromatic nitrogens is 2. The number of halogens is 1. The normalized spacial score (nSPS) is 16.8. The first-order valence-corrected chi connectivity index (χ1v) is 11.4.